The van der Waals surface area contributed by atoms with Crippen molar-refractivity contribution in [2.45, 2.75) is 39.7 Å². The van der Waals surface area contributed by atoms with Crippen molar-refractivity contribution < 1.29 is 19.4 Å². The number of nitrogens with zero attached hydrogens (tertiary/aromatic N) is 2. The molecule has 1 aliphatic rings. The van der Waals surface area contributed by atoms with Crippen LogP contribution in [0.3, 0.4) is 0 Å². The van der Waals surface area contributed by atoms with Crippen LogP contribution in [-0.2, 0) is 17.8 Å². The van der Waals surface area contributed by atoms with Crippen molar-refractivity contribution in [1.29, 1.82) is 0 Å². The van der Waals surface area contributed by atoms with E-state index >= 15 is 0 Å². The van der Waals surface area contributed by atoms with Crippen LogP contribution in [0.15, 0.2) is 36.9 Å². The minimum absolute atomic E-state index is 0.0844. The van der Waals surface area contributed by atoms with Gasteiger partial charge in [-0.2, -0.15) is 0 Å². The maximum absolute atomic E-state index is 13.3. The first-order valence-corrected chi connectivity index (χ1v) is 10.4. The van der Waals surface area contributed by atoms with Crippen molar-refractivity contribution in [2.75, 3.05) is 25.6 Å². The van der Waals surface area contributed by atoms with Gasteiger partial charge >= 0.3 is 0 Å². The molecular formula is C25H30N2O4. The molecule has 164 valence electrons. The maximum atomic E-state index is 13.3. The summed E-state index contributed by atoms with van der Waals surface area (Å²) < 4.78 is 5.37. The zero-order valence-electron chi connectivity index (χ0n) is 18.9. The van der Waals surface area contributed by atoms with Crippen molar-refractivity contribution in [3.05, 3.63) is 64.7 Å². The van der Waals surface area contributed by atoms with Crippen LogP contribution < -0.4 is 9.64 Å². The van der Waals surface area contributed by atoms with Gasteiger partial charge in [-0.1, -0.05) is 26.5 Å². The second-order valence-electron chi connectivity index (χ2n) is 8.19. The molecule has 1 N–H and O–H groups in total. The van der Waals surface area contributed by atoms with E-state index in [4.69, 9.17) is 4.74 Å². The minimum atomic E-state index is -0.215. The predicted molar refractivity (Wildman–Crippen MR) is 122 cm³/mol. The van der Waals surface area contributed by atoms with Crippen LogP contribution in [0.2, 0.25) is 0 Å². The Bertz CT molecular complexity index is 1040. The highest BCUT2D eigenvalue weighted by atomic mass is 16.5. The maximum Gasteiger partial charge on any atom is 0.257 e. The van der Waals surface area contributed by atoms with Crippen molar-refractivity contribution in [3.8, 4) is 11.5 Å². The Morgan fingerprint density at radius 1 is 1.29 bits per heavy atom. The van der Waals surface area contributed by atoms with E-state index in [0.717, 1.165) is 28.8 Å². The summed E-state index contributed by atoms with van der Waals surface area (Å²) in [6, 6.07) is 7.21. The summed E-state index contributed by atoms with van der Waals surface area (Å²) in [5.41, 5.74) is 5.14. The van der Waals surface area contributed by atoms with Crippen LogP contribution in [0, 0.1) is 6.92 Å². The number of hydrogen-bond acceptors (Lipinski definition) is 4. The minimum Gasteiger partial charge on any atom is -0.507 e. The molecule has 0 bridgehead atoms. The van der Waals surface area contributed by atoms with Gasteiger partial charge in [0.05, 0.1) is 12.7 Å². The van der Waals surface area contributed by atoms with Gasteiger partial charge < -0.3 is 19.6 Å². The lowest BCUT2D eigenvalue weighted by Crippen LogP contribution is -2.37. The average Bonchev–Trinajstić information content (AvgIpc) is 2.77. The molecule has 0 spiro atoms. The lowest BCUT2D eigenvalue weighted by atomic mass is 9.93. The van der Waals surface area contributed by atoms with Gasteiger partial charge in [-0.05, 0) is 59.7 Å². The van der Waals surface area contributed by atoms with Crippen LogP contribution in [0.5, 0.6) is 11.5 Å². The molecule has 2 aromatic rings. The molecule has 1 heterocycles. The number of hydrogen-bond donors (Lipinski definition) is 1. The molecule has 6 nitrogen and oxygen atoms in total. The molecule has 0 saturated carbocycles. The summed E-state index contributed by atoms with van der Waals surface area (Å²) in [5.74, 6) is 0.235. The molecule has 0 unspecified atom stereocenters. The van der Waals surface area contributed by atoms with Gasteiger partial charge in [-0.15, -0.1) is 0 Å². The normalized spacial score (nSPS) is 13.0. The summed E-state index contributed by atoms with van der Waals surface area (Å²) in [7, 11) is 3.27. The molecule has 0 aliphatic carbocycles. The van der Waals surface area contributed by atoms with Gasteiger partial charge in [0, 0.05) is 31.9 Å². The second kappa shape index (κ2) is 8.84. The standard InChI is InChI=1S/C25H30N2O4/c1-7-24(29)26(5)21-9-8-17-10-11-27(14-20(17)16(21)4)25(30)19-12-18(15(2)3)23(31-6)13-22(19)28/h7-9,12-13,15,28H,1,10-11,14H2,2-6H3. The van der Waals surface area contributed by atoms with E-state index in [9.17, 15) is 14.7 Å². The SMILES string of the molecule is C=CC(=O)N(C)c1ccc2c(c1C)CN(C(=O)c1cc(C(C)C)c(OC)cc1O)CC2. The molecule has 0 atom stereocenters. The number of carbonyl (C=O) groups is 2. The number of ether oxygens (including phenoxy) is 1. The third-order valence-electron chi connectivity index (χ3n) is 6.02. The third kappa shape index (κ3) is 4.15. The van der Waals surface area contributed by atoms with Crippen LogP contribution in [0.4, 0.5) is 5.69 Å². The zero-order valence-corrected chi connectivity index (χ0v) is 18.9. The van der Waals surface area contributed by atoms with Crippen molar-refractivity contribution >= 4 is 17.5 Å². The summed E-state index contributed by atoms with van der Waals surface area (Å²) in [4.78, 5) is 28.7. The number of likely N-dealkylation sites (N-methyl/N-ethyl adjacent to an activating group) is 1. The Balaban J connectivity index is 1.95. The summed E-state index contributed by atoms with van der Waals surface area (Å²) in [6.45, 7) is 10.6. The number of rotatable bonds is 5. The van der Waals surface area contributed by atoms with Gasteiger partial charge in [0.2, 0.25) is 5.91 Å². The molecule has 0 radical (unpaired) electrons. The largest absolute Gasteiger partial charge is 0.507 e. The first-order chi connectivity index (χ1) is 14.7. The Morgan fingerprint density at radius 3 is 2.61 bits per heavy atom. The highest BCUT2D eigenvalue weighted by Crippen LogP contribution is 2.35. The predicted octanol–water partition coefficient (Wildman–Crippen LogP) is 4.18. The summed E-state index contributed by atoms with van der Waals surface area (Å²) in [6.07, 6.45) is 2.00. The zero-order chi connectivity index (χ0) is 22.9. The topological polar surface area (TPSA) is 70.1 Å². The Hall–Kier alpha value is -3.28. The fourth-order valence-electron chi connectivity index (χ4n) is 4.13. The highest BCUT2D eigenvalue weighted by Gasteiger charge is 2.27. The molecule has 3 rings (SSSR count). The number of phenols is 1. The first kappa shape index (κ1) is 22.4. The van der Waals surface area contributed by atoms with Crippen LogP contribution in [-0.4, -0.2) is 42.5 Å². The van der Waals surface area contributed by atoms with E-state index in [1.54, 1.807) is 30.0 Å². The van der Waals surface area contributed by atoms with E-state index in [1.165, 1.54) is 17.7 Å². The van der Waals surface area contributed by atoms with E-state index < -0.39 is 0 Å². The fourth-order valence-corrected chi connectivity index (χ4v) is 4.13. The summed E-state index contributed by atoms with van der Waals surface area (Å²) >= 11 is 0. The average molecular weight is 423 g/mol. The van der Waals surface area contributed by atoms with Gasteiger partial charge in [-0.3, -0.25) is 9.59 Å². The van der Waals surface area contributed by atoms with Crippen molar-refractivity contribution in [2.24, 2.45) is 0 Å². The lowest BCUT2D eigenvalue weighted by molar-refractivity contribution is -0.113. The molecule has 2 aromatic carbocycles. The van der Waals surface area contributed by atoms with E-state index in [1.807, 2.05) is 32.9 Å². The molecule has 1 aliphatic heterocycles. The quantitative estimate of drug-likeness (QED) is 0.734. The Labute approximate surface area is 183 Å². The number of fused-ring (bicyclic) bond motifs is 1. The third-order valence-corrected chi connectivity index (χ3v) is 6.02. The van der Waals surface area contributed by atoms with E-state index in [2.05, 4.69) is 6.58 Å². The number of methoxy groups -OCH3 is 1. The van der Waals surface area contributed by atoms with E-state index in [0.29, 0.717) is 18.8 Å². The van der Waals surface area contributed by atoms with Crippen molar-refractivity contribution in [3.63, 3.8) is 0 Å². The number of anilines is 1. The smallest absolute Gasteiger partial charge is 0.257 e. The number of amides is 2. The fraction of sp³-hybridized carbons (Fsp3) is 0.360. The molecule has 0 fully saturated rings. The van der Waals surface area contributed by atoms with Crippen molar-refractivity contribution in [1.82, 2.24) is 4.90 Å². The van der Waals surface area contributed by atoms with Gasteiger partial charge in [-0.25, -0.2) is 0 Å². The molecule has 2 amide bonds. The molecule has 31 heavy (non-hydrogen) atoms. The van der Waals surface area contributed by atoms with Gasteiger partial charge in [0.25, 0.3) is 5.91 Å². The first-order valence-electron chi connectivity index (χ1n) is 10.4. The Kier molecular flexibility index (Phi) is 6.39. The highest BCUT2D eigenvalue weighted by molar-refractivity contribution is 6.01. The lowest BCUT2D eigenvalue weighted by Gasteiger charge is -2.32. The molecular weight excluding hydrogens is 392 g/mol. The number of benzene rings is 2. The van der Waals surface area contributed by atoms with Gasteiger partial charge in [0.1, 0.15) is 11.5 Å². The number of carbonyl (C=O) groups excluding carboxylic acids is 2. The number of aromatic hydroxyl groups is 1. The van der Waals surface area contributed by atoms with Crippen LogP contribution in [0.25, 0.3) is 0 Å². The van der Waals surface area contributed by atoms with Crippen LogP contribution in [0.1, 0.15) is 52.4 Å². The molecule has 0 aromatic heterocycles. The number of phenolic OH excluding ortho intramolecular Hbond substituents is 1. The van der Waals surface area contributed by atoms with E-state index in [-0.39, 0.29) is 29.0 Å². The monoisotopic (exact) mass is 422 g/mol. The van der Waals surface area contributed by atoms with Gasteiger partial charge in [0.15, 0.2) is 0 Å². The van der Waals surface area contributed by atoms with Crippen LogP contribution >= 0.6 is 0 Å². The second-order valence-corrected chi connectivity index (χ2v) is 8.19. The molecule has 6 heteroatoms. The summed E-state index contributed by atoms with van der Waals surface area (Å²) in [5, 5.41) is 10.5. The Morgan fingerprint density at radius 2 is 2.00 bits per heavy atom. The molecule has 0 saturated heterocycles.